The average molecular weight is 295 g/mol. The molecule has 0 N–H and O–H groups in total. The summed E-state index contributed by atoms with van der Waals surface area (Å²) in [6, 6.07) is 9.89. The second-order valence-corrected chi connectivity index (χ2v) is 4.85. The van der Waals surface area contributed by atoms with Crippen molar-refractivity contribution in [3.05, 3.63) is 60.7 Å². The molecule has 5 heteroatoms. The van der Waals surface area contributed by atoms with Gasteiger partial charge in [-0.2, -0.15) is 5.10 Å². The van der Waals surface area contributed by atoms with Gasteiger partial charge in [0.05, 0.1) is 33.2 Å². The van der Waals surface area contributed by atoms with Crippen LogP contribution in [0.5, 0.6) is 11.5 Å². The van der Waals surface area contributed by atoms with Gasteiger partial charge in [-0.05, 0) is 23.8 Å². The van der Waals surface area contributed by atoms with Gasteiger partial charge < -0.3 is 9.47 Å². The van der Waals surface area contributed by atoms with E-state index in [0.717, 1.165) is 28.2 Å². The van der Waals surface area contributed by atoms with Crippen molar-refractivity contribution in [1.82, 2.24) is 14.8 Å². The van der Waals surface area contributed by atoms with E-state index in [1.807, 2.05) is 47.4 Å². The minimum atomic E-state index is 0.706. The lowest BCUT2D eigenvalue weighted by molar-refractivity contribution is 0.414. The number of nitrogens with zero attached hydrogens (tertiary/aromatic N) is 3. The number of rotatable bonds is 5. The smallest absolute Gasteiger partial charge is 0.145 e. The molecule has 0 bridgehead atoms. The molecule has 0 unspecified atom stereocenters. The number of pyridine rings is 1. The molecule has 0 aliphatic rings. The first-order valence-corrected chi connectivity index (χ1v) is 6.94. The van der Waals surface area contributed by atoms with Gasteiger partial charge >= 0.3 is 0 Å². The molecule has 22 heavy (non-hydrogen) atoms. The van der Waals surface area contributed by atoms with Gasteiger partial charge in [0.25, 0.3) is 0 Å². The Labute approximate surface area is 129 Å². The van der Waals surface area contributed by atoms with Gasteiger partial charge in [-0.1, -0.05) is 12.1 Å². The maximum absolute atomic E-state index is 5.34. The summed E-state index contributed by atoms with van der Waals surface area (Å²) >= 11 is 0. The lowest BCUT2D eigenvalue weighted by atomic mass is 10.1. The molecule has 0 atom stereocenters. The standard InChI is InChI=1S/C17H17N3O2/c1-21-15-5-3-13(4-6-15)11-20-12-14(9-19-20)16-7-8-18-10-17(16)22-2/h3-10,12H,11H2,1-2H3. The first kappa shape index (κ1) is 14.1. The number of benzene rings is 1. The van der Waals surface area contributed by atoms with Crippen molar-refractivity contribution in [1.29, 1.82) is 0 Å². The van der Waals surface area contributed by atoms with Crippen molar-refractivity contribution in [2.45, 2.75) is 6.54 Å². The molecular weight excluding hydrogens is 278 g/mol. The summed E-state index contributed by atoms with van der Waals surface area (Å²) in [4.78, 5) is 4.07. The van der Waals surface area contributed by atoms with Crippen molar-refractivity contribution in [3.63, 3.8) is 0 Å². The first-order chi connectivity index (χ1) is 10.8. The molecule has 3 rings (SSSR count). The van der Waals surface area contributed by atoms with E-state index in [-0.39, 0.29) is 0 Å². The predicted molar refractivity (Wildman–Crippen MR) is 84.1 cm³/mol. The van der Waals surface area contributed by atoms with Crippen molar-refractivity contribution in [2.24, 2.45) is 0 Å². The molecule has 2 aromatic heterocycles. The van der Waals surface area contributed by atoms with Crippen LogP contribution in [0.15, 0.2) is 55.1 Å². The Balaban J connectivity index is 1.81. The minimum Gasteiger partial charge on any atom is -0.497 e. The van der Waals surface area contributed by atoms with Crippen LogP contribution in [0.4, 0.5) is 0 Å². The Morgan fingerprint density at radius 1 is 1.00 bits per heavy atom. The number of aromatic nitrogens is 3. The summed E-state index contributed by atoms with van der Waals surface area (Å²) in [5, 5.41) is 4.42. The molecule has 0 fully saturated rings. The third kappa shape index (κ3) is 2.93. The van der Waals surface area contributed by atoms with E-state index in [4.69, 9.17) is 9.47 Å². The lowest BCUT2D eigenvalue weighted by Crippen LogP contribution is -1.99. The third-order valence-corrected chi connectivity index (χ3v) is 3.45. The van der Waals surface area contributed by atoms with Crippen LogP contribution in [-0.4, -0.2) is 29.0 Å². The van der Waals surface area contributed by atoms with Gasteiger partial charge in [0.2, 0.25) is 0 Å². The topological polar surface area (TPSA) is 49.2 Å². The molecule has 0 amide bonds. The maximum Gasteiger partial charge on any atom is 0.145 e. The highest BCUT2D eigenvalue weighted by Gasteiger charge is 2.08. The Hall–Kier alpha value is -2.82. The van der Waals surface area contributed by atoms with Gasteiger partial charge in [0.1, 0.15) is 11.5 Å². The number of hydrogen-bond acceptors (Lipinski definition) is 4. The van der Waals surface area contributed by atoms with Crippen LogP contribution >= 0.6 is 0 Å². The molecule has 0 spiro atoms. The van der Waals surface area contributed by atoms with E-state index in [2.05, 4.69) is 10.1 Å². The van der Waals surface area contributed by atoms with Crippen LogP contribution < -0.4 is 9.47 Å². The Morgan fingerprint density at radius 2 is 1.82 bits per heavy atom. The van der Waals surface area contributed by atoms with Crippen LogP contribution in [0.2, 0.25) is 0 Å². The third-order valence-electron chi connectivity index (χ3n) is 3.45. The van der Waals surface area contributed by atoms with Gasteiger partial charge in [-0.15, -0.1) is 0 Å². The van der Waals surface area contributed by atoms with Crippen LogP contribution in [0, 0.1) is 0 Å². The summed E-state index contributed by atoms with van der Waals surface area (Å²) in [5.41, 5.74) is 3.16. The van der Waals surface area contributed by atoms with Crippen molar-refractivity contribution >= 4 is 0 Å². The number of hydrogen-bond donors (Lipinski definition) is 0. The van der Waals surface area contributed by atoms with Crippen molar-refractivity contribution < 1.29 is 9.47 Å². The monoisotopic (exact) mass is 295 g/mol. The molecule has 3 aromatic rings. The summed E-state index contributed by atoms with van der Waals surface area (Å²) in [6.07, 6.45) is 7.29. The van der Waals surface area contributed by atoms with Crippen LogP contribution in [0.3, 0.4) is 0 Å². The SMILES string of the molecule is COc1ccc(Cn2cc(-c3ccncc3OC)cn2)cc1. The summed E-state index contributed by atoms with van der Waals surface area (Å²) < 4.78 is 12.4. The number of methoxy groups -OCH3 is 2. The maximum atomic E-state index is 5.34. The largest absolute Gasteiger partial charge is 0.497 e. The molecule has 5 nitrogen and oxygen atoms in total. The summed E-state index contributed by atoms with van der Waals surface area (Å²) in [6.45, 7) is 0.706. The highest BCUT2D eigenvalue weighted by molar-refractivity contribution is 5.68. The molecule has 0 saturated carbocycles. The van der Waals surface area contributed by atoms with Crippen LogP contribution in [0.25, 0.3) is 11.1 Å². The fourth-order valence-electron chi connectivity index (χ4n) is 2.29. The second kappa shape index (κ2) is 6.30. The van der Waals surface area contributed by atoms with Gasteiger partial charge in [0.15, 0.2) is 0 Å². The predicted octanol–water partition coefficient (Wildman–Crippen LogP) is 3.01. The normalized spacial score (nSPS) is 10.5. The van der Waals surface area contributed by atoms with E-state index in [9.17, 15) is 0 Å². The zero-order valence-electron chi connectivity index (χ0n) is 12.6. The van der Waals surface area contributed by atoms with E-state index < -0.39 is 0 Å². The second-order valence-electron chi connectivity index (χ2n) is 4.85. The van der Waals surface area contributed by atoms with E-state index in [1.54, 1.807) is 26.6 Å². The quantitative estimate of drug-likeness (QED) is 0.726. The molecule has 2 heterocycles. The van der Waals surface area contributed by atoms with Crippen LogP contribution in [-0.2, 0) is 6.54 Å². The van der Waals surface area contributed by atoms with E-state index >= 15 is 0 Å². The first-order valence-electron chi connectivity index (χ1n) is 6.94. The highest BCUT2D eigenvalue weighted by Crippen LogP contribution is 2.28. The molecule has 112 valence electrons. The zero-order valence-corrected chi connectivity index (χ0v) is 12.6. The molecule has 1 aromatic carbocycles. The van der Waals surface area contributed by atoms with Crippen molar-refractivity contribution in [2.75, 3.05) is 14.2 Å². The Kier molecular flexibility index (Phi) is 4.05. The number of ether oxygens (including phenoxy) is 2. The molecule has 0 saturated heterocycles. The van der Waals surface area contributed by atoms with Gasteiger partial charge in [0, 0.05) is 23.5 Å². The van der Waals surface area contributed by atoms with Gasteiger partial charge in [-0.3, -0.25) is 9.67 Å². The lowest BCUT2D eigenvalue weighted by Gasteiger charge is -2.05. The summed E-state index contributed by atoms with van der Waals surface area (Å²) in [5.74, 6) is 1.60. The van der Waals surface area contributed by atoms with Crippen LogP contribution in [0.1, 0.15) is 5.56 Å². The molecule has 0 aliphatic carbocycles. The fourth-order valence-corrected chi connectivity index (χ4v) is 2.29. The van der Waals surface area contributed by atoms with E-state index in [0.29, 0.717) is 6.54 Å². The van der Waals surface area contributed by atoms with Gasteiger partial charge in [-0.25, -0.2) is 0 Å². The molecular formula is C17H17N3O2. The van der Waals surface area contributed by atoms with E-state index in [1.165, 1.54) is 0 Å². The highest BCUT2D eigenvalue weighted by atomic mass is 16.5. The Morgan fingerprint density at radius 3 is 2.55 bits per heavy atom. The molecule has 0 aliphatic heterocycles. The minimum absolute atomic E-state index is 0.706. The zero-order chi connectivity index (χ0) is 15.4. The Bertz CT molecular complexity index is 751. The fraction of sp³-hybridized carbons (Fsp3) is 0.176. The average Bonchev–Trinajstić information content (AvgIpc) is 3.04. The summed E-state index contributed by atoms with van der Waals surface area (Å²) in [7, 11) is 3.30. The molecule has 0 radical (unpaired) electrons. The van der Waals surface area contributed by atoms with Crippen molar-refractivity contribution in [3.8, 4) is 22.6 Å².